The Labute approximate surface area is 215 Å². The van der Waals surface area contributed by atoms with Crippen LogP contribution in [0.1, 0.15) is 36.7 Å². The molecule has 1 heterocycles. The Morgan fingerprint density at radius 2 is 1.62 bits per heavy atom. The van der Waals surface area contributed by atoms with Crippen LogP contribution in [0.4, 0.5) is 10.5 Å². The second kappa shape index (κ2) is 10.3. The molecule has 1 atom stereocenters. The summed E-state index contributed by atoms with van der Waals surface area (Å²) in [5, 5.41) is 7.25. The molecule has 0 aliphatic carbocycles. The van der Waals surface area contributed by atoms with E-state index in [1.54, 1.807) is 49.3 Å². The molecule has 9 heteroatoms. The van der Waals surface area contributed by atoms with Crippen molar-refractivity contribution < 1.29 is 23.9 Å². The van der Waals surface area contributed by atoms with Gasteiger partial charge in [0, 0.05) is 24.3 Å². The van der Waals surface area contributed by atoms with Crippen molar-refractivity contribution in [3.05, 3.63) is 71.8 Å². The normalized spacial score (nSPS) is 17.0. The third-order valence-corrected chi connectivity index (χ3v) is 6.67. The van der Waals surface area contributed by atoms with Crippen LogP contribution in [0.5, 0.6) is 5.75 Å². The molecule has 3 aromatic rings. The highest BCUT2D eigenvalue weighted by Gasteiger charge is 2.49. The average Bonchev–Trinajstić information content (AvgIpc) is 3.12. The van der Waals surface area contributed by atoms with E-state index < -0.39 is 29.9 Å². The number of ether oxygens (including phenoxy) is 1. The van der Waals surface area contributed by atoms with Crippen LogP contribution in [-0.4, -0.2) is 60.3 Å². The summed E-state index contributed by atoms with van der Waals surface area (Å²) in [6.45, 7) is 6.22. The topological polar surface area (TPSA) is 108 Å². The second-order valence-electron chi connectivity index (χ2n) is 8.98. The molecule has 1 fully saturated rings. The number of urea groups is 1. The Morgan fingerprint density at radius 1 is 0.973 bits per heavy atom. The van der Waals surface area contributed by atoms with Gasteiger partial charge in [-0.15, -0.1) is 0 Å². The lowest BCUT2D eigenvalue weighted by Crippen LogP contribution is -2.42. The number of carbonyl (C=O) groups is 4. The quantitative estimate of drug-likeness (QED) is 0.457. The van der Waals surface area contributed by atoms with Crippen molar-refractivity contribution in [2.75, 3.05) is 32.1 Å². The van der Waals surface area contributed by atoms with Crippen molar-refractivity contribution in [1.29, 1.82) is 0 Å². The first-order valence-corrected chi connectivity index (χ1v) is 12.1. The number of rotatable bonds is 8. The molecule has 0 bridgehead atoms. The van der Waals surface area contributed by atoms with Gasteiger partial charge in [0.15, 0.2) is 0 Å². The highest BCUT2D eigenvalue weighted by molar-refractivity contribution is 6.10. The van der Waals surface area contributed by atoms with E-state index in [1.807, 2.05) is 44.2 Å². The summed E-state index contributed by atoms with van der Waals surface area (Å²) in [6.07, 6.45) is 0. The summed E-state index contributed by atoms with van der Waals surface area (Å²) in [5.74, 6) is -0.407. The monoisotopic (exact) mass is 502 g/mol. The molecular weight excluding hydrogens is 472 g/mol. The molecule has 5 amide bonds. The van der Waals surface area contributed by atoms with Gasteiger partial charge < -0.3 is 20.3 Å². The Hall–Kier alpha value is -4.40. The summed E-state index contributed by atoms with van der Waals surface area (Å²) in [6, 6.07) is 17.0. The van der Waals surface area contributed by atoms with Crippen molar-refractivity contribution in [2.45, 2.75) is 26.3 Å². The lowest BCUT2D eigenvalue weighted by molar-refractivity contribution is -0.133. The molecule has 9 nitrogen and oxygen atoms in total. The standard InChI is InChI=1S/C28H30N4O5/c1-5-31(6-2)25(34)18-8-12-22(13-9-18)29-24(33)17-32-26(35)28(3,30-27(32)36)21-11-7-20-16-23(37-4)14-10-19(20)15-21/h7-16H,5-6,17H2,1-4H3,(H,29,33)(H,30,36)/t28-/m1/s1. The Kier molecular flexibility index (Phi) is 7.15. The molecule has 0 aromatic heterocycles. The van der Waals surface area contributed by atoms with Crippen LogP contribution in [0, 0.1) is 0 Å². The molecule has 0 unspecified atom stereocenters. The van der Waals surface area contributed by atoms with Gasteiger partial charge in [-0.2, -0.15) is 0 Å². The molecule has 0 spiro atoms. The summed E-state index contributed by atoms with van der Waals surface area (Å²) >= 11 is 0. The molecule has 1 saturated heterocycles. The van der Waals surface area contributed by atoms with E-state index in [1.165, 1.54) is 0 Å². The maximum atomic E-state index is 13.3. The van der Waals surface area contributed by atoms with Gasteiger partial charge in [-0.1, -0.05) is 18.2 Å². The number of hydrogen-bond donors (Lipinski definition) is 2. The number of hydrogen-bond acceptors (Lipinski definition) is 5. The van der Waals surface area contributed by atoms with Crippen LogP contribution in [0.3, 0.4) is 0 Å². The Morgan fingerprint density at radius 3 is 2.27 bits per heavy atom. The summed E-state index contributed by atoms with van der Waals surface area (Å²) in [4.78, 5) is 53.8. The average molecular weight is 503 g/mol. The smallest absolute Gasteiger partial charge is 0.325 e. The van der Waals surface area contributed by atoms with Crippen molar-refractivity contribution in [2.24, 2.45) is 0 Å². The highest BCUT2D eigenvalue weighted by atomic mass is 16.5. The highest BCUT2D eigenvalue weighted by Crippen LogP contribution is 2.32. The van der Waals surface area contributed by atoms with Gasteiger partial charge >= 0.3 is 6.03 Å². The lowest BCUT2D eigenvalue weighted by atomic mass is 9.90. The molecule has 3 aromatic carbocycles. The van der Waals surface area contributed by atoms with Crippen molar-refractivity contribution in [3.8, 4) is 5.75 Å². The van der Waals surface area contributed by atoms with E-state index in [0.717, 1.165) is 21.4 Å². The largest absolute Gasteiger partial charge is 0.497 e. The van der Waals surface area contributed by atoms with Crippen LogP contribution in [0.15, 0.2) is 60.7 Å². The van der Waals surface area contributed by atoms with Crippen molar-refractivity contribution >= 4 is 40.2 Å². The molecular formula is C28H30N4O5. The zero-order valence-corrected chi connectivity index (χ0v) is 21.3. The molecule has 192 valence electrons. The first-order chi connectivity index (χ1) is 17.7. The fraction of sp³-hybridized carbons (Fsp3) is 0.286. The maximum absolute atomic E-state index is 13.3. The van der Waals surface area contributed by atoms with Gasteiger partial charge in [-0.25, -0.2) is 4.79 Å². The number of methoxy groups -OCH3 is 1. The number of anilines is 1. The maximum Gasteiger partial charge on any atom is 0.325 e. The van der Waals surface area contributed by atoms with E-state index in [2.05, 4.69) is 10.6 Å². The van der Waals surface area contributed by atoms with E-state index in [-0.39, 0.29) is 5.91 Å². The Balaban J connectivity index is 1.45. The minimum Gasteiger partial charge on any atom is -0.497 e. The number of amides is 5. The fourth-order valence-corrected chi connectivity index (χ4v) is 4.43. The molecule has 1 aliphatic heterocycles. The fourth-order valence-electron chi connectivity index (χ4n) is 4.43. The summed E-state index contributed by atoms with van der Waals surface area (Å²) in [5.41, 5.74) is 0.277. The number of carbonyl (C=O) groups excluding carboxylic acids is 4. The minimum atomic E-state index is -1.31. The predicted molar refractivity (Wildman–Crippen MR) is 140 cm³/mol. The number of imide groups is 1. The number of fused-ring (bicyclic) bond motifs is 1. The van der Waals surface area contributed by atoms with E-state index >= 15 is 0 Å². The third kappa shape index (κ3) is 4.97. The number of nitrogens with one attached hydrogen (secondary N) is 2. The Bertz CT molecular complexity index is 1370. The summed E-state index contributed by atoms with van der Waals surface area (Å²) < 4.78 is 5.26. The van der Waals surface area contributed by atoms with Gasteiger partial charge in [0.25, 0.3) is 11.8 Å². The SMILES string of the molecule is CCN(CC)C(=O)c1ccc(NC(=O)CN2C(=O)N[C@](C)(c3ccc4cc(OC)ccc4c3)C2=O)cc1. The van der Waals surface area contributed by atoms with Gasteiger partial charge in [0.05, 0.1) is 7.11 Å². The molecule has 2 N–H and O–H groups in total. The van der Waals surface area contributed by atoms with Gasteiger partial charge in [0.1, 0.15) is 17.8 Å². The lowest BCUT2D eigenvalue weighted by Gasteiger charge is -2.22. The van der Waals surface area contributed by atoms with Gasteiger partial charge in [-0.05, 0) is 79.6 Å². The van der Waals surface area contributed by atoms with Gasteiger partial charge in [0.2, 0.25) is 5.91 Å². The van der Waals surface area contributed by atoms with Crippen LogP contribution >= 0.6 is 0 Å². The molecule has 0 radical (unpaired) electrons. The van der Waals surface area contributed by atoms with E-state index in [0.29, 0.717) is 29.9 Å². The minimum absolute atomic E-state index is 0.0886. The van der Waals surface area contributed by atoms with Crippen LogP contribution < -0.4 is 15.4 Å². The number of nitrogens with zero attached hydrogens (tertiary/aromatic N) is 2. The zero-order valence-electron chi connectivity index (χ0n) is 21.3. The predicted octanol–water partition coefficient (Wildman–Crippen LogP) is 3.74. The molecule has 1 aliphatic rings. The van der Waals surface area contributed by atoms with Crippen LogP contribution in [-0.2, 0) is 15.1 Å². The molecule has 0 saturated carbocycles. The second-order valence-corrected chi connectivity index (χ2v) is 8.98. The number of benzene rings is 3. The van der Waals surface area contributed by atoms with Crippen LogP contribution in [0.25, 0.3) is 10.8 Å². The zero-order chi connectivity index (χ0) is 26.7. The van der Waals surface area contributed by atoms with E-state index in [9.17, 15) is 19.2 Å². The van der Waals surface area contributed by atoms with Gasteiger partial charge in [-0.3, -0.25) is 19.3 Å². The summed E-state index contributed by atoms with van der Waals surface area (Å²) in [7, 11) is 1.59. The van der Waals surface area contributed by atoms with Crippen LogP contribution in [0.2, 0.25) is 0 Å². The first-order valence-electron chi connectivity index (χ1n) is 12.1. The third-order valence-electron chi connectivity index (χ3n) is 6.67. The molecule has 37 heavy (non-hydrogen) atoms. The van der Waals surface area contributed by atoms with Crippen molar-refractivity contribution in [1.82, 2.24) is 15.1 Å². The van der Waals surface area contributed by atoms with E-state index in [4.69, 9.17) is 4.74 Å². The first kappa shape index (κ1) is 25.7. The van der Waals surface area contributed by atoms with Crippen molar-refractivity contribution in [3.63, 3.8) is 0 Å². The molecule has 4 rings (SSSR count).